The molecule has 0 unspecified atom stereocenters. The summed E-state index contributed by atoms with van der Waals surface area (Å²) >= 11 is 0. The molecule has 3 aliphatic rings. The van der Waals surface area contributed by atoms with Crippen LogP contribution in [0.2, 0.25) is 0 Å². The number of carbonyl (C=O) groups excluding carboxylic acids is 1. The van der Waals surface area contributed by atoms with E-state index in [1.165, 1.54) is 31.2 Å². The van der Waals surface area contributed by atoms with Crippen molar-refractivity contribution < 1.29 is 14.6 Å². The van der Waals surface area contributed by atoms with Crippen LogP contribution >= 0.6 is 0 Å². The van der Waals surface area contributed by atoms with Crippen molar-refractivity contribution in [1.29, 1.82) is 0 Å². The summed E-state index contributed by atoms with van der Waals surface area (Å²) in [6.07, 6.45) is 4.01. The second kappa shape index (κ2) is 7.20. The Hall–Kier alpha value is -1.59. The fraction of sp³-hybridized carbons (Fsp3) is 0.667. The largest absolute Gasteiger partial charge is 0.497 e. The molecule has 5 atom stereocenters. The highest BCUT2D eigenvalue weighted by atomic mass is 16.5. The molecule has 3 saturated heterocycles. The lowest BCUT2D eigenvalue weighted by atomic mass is 9.74. The standard InChI is InChI=1S/C21H30N2O3/c1-14(24)21(25)22-11-15-10-17(13-22)20-5-3-4-19(23(20)12-15)16-6-8-18(26-2)9-7-16/h6-9,14-15,17,19-20,24H,3-5,10-13H2,1-2H3/t14-,15-,17+,19+,20-/m0/s1. The number of fused-ring (bicyclic) bond motifs is 4. The summed E-state index contributed by atoms with van der Waals surface area (Å²) in [5.74, 6) is 1.86. The van der Waals surface area contributed by atoms with E-state index in [4.69, 9.17) is 4.74 Å². The van der Waals surface area contributed by atoms with Crippen LogP contribution in [0.3, 0.4) is 0 Å². The lowest BCUT2D eigenvalue weighted by molar-refractivity contribution is -0.146. The van der Waals surface area contributed by atoms with Gasteiger partial charge in [-0.3, -0.25) is 9.69 Å². The zero-order chi connectivity index (χ0) is 18.3. The van der Waals surface area contributed by atoms with Crippen LogP contribution in [-0.2, 0) is 4.79 Å². The number of piperidine rings is 3. The minimum Gasteiger partial charge on any atom is -0.497 e. The molecule has 0 radical (unpaired) electrons. The Labute approximate surface area is 155 Å². The molecule has 3 aliphatic heterocycles. The van der Waals surface area contributed by atoms with Crippen molar-refractivity contribution in [2.45, 2.75) is 50.8 Å². The van der Waals surface area contributed by atoms with E-state index < -0.39 is 6.10 Å². The van der Waals surface area contributed by atoms with Gasteiger partial charge in [0.25, 0.3) is 5.91 Å². The first-order valence-electron chi connectivity index (χ1n) is 9.93. The number of carbonyl (C=O) groups is 1. The first-order valence-corrected chi connectivity index (χ1v) is 9.93. The molecule has 5 nitrogen and oxygen atoms in total. The SMILES string of the molecule is COc1ccc([C@H]2CCC[C@H]3[C@@H]4C[C@@H](CN(C(=O)[C@H](C)O)C4)CN23)cc1. The van der Waals surface area contributed by atoms with Gasteiger partial charge >= 0.3 is 0 Å². The predicted molar refractivity (Wildman–Crippen MR) is 99.9 cm³/mol. The molecule has 1 aromatic carbocycles. The minimum atomic E-state index is -0.886. The van der Waals surface area contributed by atoms with E-state index in [1.54, 1.807) is 14.0 Å². The highest BCUT2D eigenvalue weighted by Gasteiger charge is 2.45. The average Bonchev–Trinajstić information content (AvgIpc) is 2.67. The minimum absolute atomic E-state index is 0.101. The third-order valence-electron chi connectivity index (χ3n) is 6.56. The summed E-state index contributed by atoms with van der Waals surface area (Å²) < 4.78 is 5.31. The number of likely N-dealkylation sites (tertiary alicyclic amines) is 1. The van der Waals surface area contributed by atoms with Crippen LogP contribution in [0, 0.1) is 11.8 Å². The second-order valence-electron chi connectivity index (χ2n) is 8.27. The molecule has 3 fully saturated rings. The van der Waals surface area contributed by atoms with Crippen molar-refractivity contribution in [2.75, 3.05) is 26.7 Å². The van der Waals surface area contributed by atoms with E-state index in [0.29, 0.717) is 23.9 Å². The Balaban J connectivity index is 1.53. The highest BCUT2D eigenvalue weighted by Crippen LogP contribution is 2.44. The van der Waals surface area contributed by atoms with Gasteiger partial charge in [-0.1, -0.05) is 12.1 Å². The van der Waals surface area contributed by atoms with Gasteiger partial charge < -0.3 is 14.7 Å². The molecule has 2 bridgehead atoms. The van der Waals surface area contributed by atoms with Crippen LogP contribution in [0.25, 0.3) is 0 Å². The van der Waals surface area contributed by atoms with Crippen LogP contribution in [0.5, 0.6) is 5.75 Å². The molecule has 1 aromatic rings. The molecule has 0 spiro atoms. The fourth-order valence-electron chi connectivity index (χ4n) is 5.44. The molecule has 5 heteroatoms. The molecule has 4 rings (SSSR count). The predicted octanol–water partition coefficient (Wildman–Crippen LogP) is 2.45. The Kier molecular flexibility index (Phi) is 4.93. The Morgan fingerprint density at radius 2 is 1.96 bits per heavy atom. The number of hydrogen-bond acceptors (Lipinski definition) is 4. The first-order chi connectivity index (χ1) is 12.6. The number of rotatable bonds is 3. The van der Waals surface area contributed by atoms with Gasteiger partial charge in [-0.2, -0.15) is 0 Å². The summed E-state index contributed by atoms with van der Waals surface area (Å²) in [5.41, 5.74) is 1.38. The number of amides is 1. The van der Waals surface area contributed by atoms with Crippen LogP contribution in [0.4, 0.5) is 0 Å². The number of benzene rings is 1. The van der Waals surface area contributed by atoms with Crippen molar-refractivity contribution in [3.63, 3.8) is 0 Å². The van der Waals surface area contributed by atoms with Crippen molar-refractivity contribution in [2.24, 2.45) is 11.8 Å². The van der Waals surface area contributed by atoms with Crippen molar-refractivity contribution in [3.8, 4) is 5.75 Å². The molecular weight excluding hydrogens is 328 g/mol. The third-order valence-corrected chi connectivity index (χ3v) is 6.56. The summed E-state index contributed by atoms with van der Waals surface area (Å²) in [4.78, 5) is 16.9. The number of aliphatic hydroxyl groups excluding tert-OH is 1. The van der Waals surface area contributed by atoms with Gasteiger partial charge in [0.1, 0.15) is 11.9 Å². The van der Waals surface area contributed by atoms with Gasteiger partial charge in [0, 0.05) is 31.7 Å². The lowest BCUT2D eigenvalue weighted by Gasteiger charge is -2.55. The van der Waals surface area contributed by atoms with Gasteiger partial charge in [-0.05, 0) is 62.1 Å². The van der Waals surface area contributed by atoms with E-state index in [1.807, 2.05) is 4.90 Å². The number of methoxy groups -OCH3 is 1. The van der Waals surface area contributed by atoms with E-state index in [2.05, 4.69) is 29.2 Å². The van der Waals surface area contributed by atoms with Gasteiger partial charge in [-0.15, -0.1) is 0 Å². The van der Waals surface area contributed by atoms with Gasteiger partial charge in [0.15, 0.2) is 0 Å². The third kappa shape index (κ3) is 3.23. The monoisotopic (exact) mass is 358 g/mol. The fourth-order valence-corrected chi connectivity index (χ4v) is 5.44. The van der Waals surface area contributed by atoms with Crippen molar-refractivity contribution >= 4 is 5.91 Å². The maximum absolute atomic E-state index is 12.3. The molecule has 3 heterocycles. The zero-order valence-electron chi connectivity index (χ0n) is 15.8. The summed E-state index contributed by atoms with van der Waals surface area (Å²) in [6.45, 7) is 4.23. The van der Waals surface area contributed by atoms with Crippen LogP contribution in [0.15, 0.2) is 24.3 Å². The smallest absolute Gasteiger partial charge is 0.251 e. The average molecular weight is 358 g/mol. The van der Waals surface area contributed by atoms with E-state index in [0.717, 1.165) is 25.4 Å². The van der Waals surface area contributed by atoms with Crippen molar-refractivity contribution in [3.05, 3.63) is 29.8 Å². The molecule has 142 valence electrons. The number of hydrogen-bond donors (Lipinski definition) is 1. The van der Waals surface area contributed by atoms with Gasteiger partial charge in [0.05, 0.1) is 7.11 Å². The van der Waals surface area contributed by atoms with Crippen LogP contribution in [-0.4, -0.2) is 59.7 Å². The summed E-state index contributed by atoms with van der Waals surface area (Å²) in [6, 6.07) is 9.57. The topological polar surface area (TPSA) is 53.0 Å². The summed E-state index contributed by atoms with van der Waals surface area (Å²) in [5, 5.41) is 9.69. The second-order valence-corrected chi connectivity index (χ2v) is 8.27. The van der Waals surface area contributed by atoms with Gasteiger partial charge in [0.2, 0.25) is 0 Å². The quantitative estimate of drug-likeness (QED) is 0.902. The van der Waals surface area contributed by atoms with Crippen molar-refractivity contribution in [1.82, 2.24) is 9.80 Å². The van der Waals surface area contributed by atoms with Crippen LogP contribution < -0.4 is 4.74 Å². The van der Waals surface area contributed by atoms with E-state index in [9.17, 15) is 9.90 Å². The molecule has 26 heavy (non-hydrogen) atoms. The Morgan fingerprint density at radius 3 is 2.65 bits per heavy atom. The first kappa shape index (κ1) is 17.8. The molecule has 0 aromatic heterocycles. The molecule has 0 saturated carbocycles. The number of aliphatic hydroxyl groups is 1. The number of ether oxygens (including phenoxy) is 1. The molecule has 1 amide bonds. The van der Waals surface area contributed by atoms with Crippen LogP contribution in [0.1, 0.15) is 44.2 Å². The normalized spacial score (nSPS) is 32.7. The molecule has 1 N–H and O–H groups in total. The Bertz CT molecular complexity index is 645. The maximum atomic E-state index is 12.3. The zero-order valence-corrected chi connectivity index (χ0v) is 15.8. The molecule has 0 aliphatic carbocycles. The Morgan fingerprint density at radius 1 is 1.19 bits per heavy atom. The highest BCUT2D eigenvalue weighted by molar-refractivity contribution is 5.80. The summed E-state index contributed by atoms with van der Waals surface area (Å²) in [7, 11) is 1.71. The maximum Gasteiger partial charge on any atom is 0.251 e. The molecular formula is C21H30N2O3. The lowest BCUT2D eigenvalue weighted by Crippen LogP contribution is -2.61. The van der Waals surface area contributed by atoms with E-state index >= 15 is 0 Å². The number of nitrogens with zero attached hydrogens (tertiary/aromatic N) is 2. The van der Waals surface area contributed by atoms with E-state index in [-0.39, 0.29) is 5.91 Å². The van der Waals surface area contributed by atoms with Gasteiger partial charge in [-0.25, -0.2) is 0 Å².